The van der Waals surface area contributed by atoms with E-state index in [-0.39, 0.29) is 10.7 Å². The van der Waals surface area contributed by atoms with Gasteiger partial charge in [0.2, 0.25) is 0 Å². The van der Waals surface area contributed by atoms with Gasteiger partial charge in [-0.15, -0.1) is 0 Å². The van der Waals surface area contributed by atoms with Crippen molar-refractivity contribution >= 4 is 29.1 Å². The second-order valence-corrected chi connectivity index (χ2v) is 4.48. The number of ether oxygens (including phenoxy) is 2. The Bertz CT molecular complexity index is 654. The van der Waals surface area contributed by atoms with Crippen LogP contribution in [0.15, 0.2) is 30.3 Å². The number of methoxy groups -OCH3 is 2. The maximum absolute atomic E-state index is 11.0. The highest BCUT2D eigenvalue weighted by molar-refractivity contribution is 6.29. The van der Waals surface area contributed by atoms with Crippen LogP contribution in [0.1, 0.15) is 10.4 Å². The highest BCUT2D eigenvalue weighted by Gasteiger charge is 2.09. The monoisotopic (exact) mass is 308 g/mol. The highest BCUT2D eigenvalue weighted by atomic mass is 35.5. The van der Waals surface area contributed by atoms with Crippen LogP contribution in [-0.2, 0) is 0 Å². The highest BCUT2D eigenvalue weighted by Crippen LogP contribution is 2.28. The van der Waals surface area contributed by atoms with Crippen molar-refractivity contribution in [1.29, 1.82) is 0 Å². The van der Waals surface area contributed by atoms with E-state index in [2.05, 4.69) is 10.3 Å². The number of rotatable bonds is 5. The average Bonchev–Trinajstić information content (AvgIpc) is 2.46. The maximum atomic E-state index is 11.0. The molecule has 7 heteroatoms. The number of hydrogen-bond acceptors (Lipinski definition) is 5. The molecule has 1 aromatic heterocycles. The van der Waals surface area contributed by atoms with E-state index in [9.17, 15) is 4.79 Å². The SMILES string of the molecule is COc1cc(Nc2cc(C(=O)O)cc(Cl)n2)cc(OC)c1. The zero-order valence-electron chi connectivity index (χ0n) is 11.4. The van der Waals surface area contributed by atoms with Gasteiger partial charge in [0.15, 0.2) is 0 Å². The van der Waals surface area contributed by atoms with E-state index < -0.39 is 5.97 Å². The Labute approximate surface area is 126 Å². The lowest BCUT2D eigenvalue weighted by Crippen LogP contribution is -2.01. The lowest BCUT2D eigenvalue weighted by Gasteiger charge is -2.11. The number of pyridine rings is 1. The molecule has 0 atom stereocenters. The largest absolute Gasteiger partial charge is 0.497 e. The summed E-state index contributed by atoms with van der Waals surface area (Å²) in [5.41, 5.74) is 0.685. The summed E-state index contributed by atoms with van der Waals surface area (Å²) in [5.74, 6) is 0.426. The van der Waals surface area contributed by atoms with Crippen LogP contribution in [0.5, 0.6) is 11.5 Å². The summed E-state index contributed by atoms with van der Waals surface area (Å²) in [4.78, 5) is 15.0. The third-order valence-electron chi connectivity index (χ3n) is 2.66. The number of carboxylic acid groups (broad SMARTS) is 1. The van der Waals surface area contributed by atoms with Crippen LogP contribution in [0.25, 0.3) is 0 Å². The third-order valence-corrected chi connectivity index (χ3v) is 2.86. The Hall–Kier alpha value is -2.47. The molecule has 2 rings (SSSR count). The quantitative estimate of drug-likeness (QED) is 0.826. The molecule has 2 N–H and O–H groups in total. The summed E-state index contributed by atoms with van der Waals surface area (Å²) in [6.45, 7) is 0. The minimum Gasteiger partial charge on any atom is -0.497 e. The summed E-state index contributed by atoms with van der Waals surface area (Å²) >= 11 is 5.81. The van der Waals surface area contributed by atoms with Crippen molar-refractivity contribution in [3.8, 4) is 11.5 Å². The molecular formula is C14H13ClN2O4. The van der Waals surface area contributed by atoms with Gasteiger partial charge in [0.05, 0.1) is 19.8 Å². The number of halogens is 1. The molecule has 110 valence electrons. The van der Waals surface area contributed by atoms with Crippen LogP contribution >= 0.6 is 11.6 Å². The molecule has 0 spiro atoms. The molecule has 0 aliphatic heterocycles. The van der Waals surface area contributed by atoms with Crippen molar-refractivity contribution in [3.63, 3.8) is 0 Å². The minimum atomic E-state index is -1.08. The number of nitrogens with one attached hydrogen (secondary N) is 1. The zero-order valence-corrected chi connectivity index (χ0v) is 12.1. The lowest BCUT2D eigenvalue weighted by molar-refractivity contribution is 0.0697. The molecule has 21 heavy (non-hydrogen) atoms. The van der Waals surface area contributed by atoms with Gasteiger partial charge in [0, 0.05) is 23.9 Å². The number of nitrogens with zero attached hydrogens (tertiary/aromatic N) is 1. The summed E-state index contributed by atoms with van der Waals surface area (Å²) in [6, 6.07) is 7.84. The fourth-order valence-electron chi connectivity index (χ4n) is 1.71. The molecular weight excluding hydrogens is 296 g/mol. The minimum absolute atomic E-state index is 0.0485. The molecule has 0 bridgehead atoms. The number of carbonyl (C=O) groups is 1. The van der Waals surface area contributed by atoms with Gasteiger partial charge in [0.25, 0.3) is 0 Å². The molecule has 0 amide bonds. The second kappa shape index (κ2) is 6.32. The van der Waals surface area contributed by atoms with Gasteiger partial charge in [0.1, 0.15) is 22.5 Å². The average molecular weight is 309 g/mol. The molecule has 0 unspecified atom stereocenters. The van der Waals surface area contributed by atoms with Crippen molar-refractivity contribution in [3.05, 3.63) is 41.0 Å². The number of benzene rings is 1. The van der Waals surface area contributed by atoms with Crippen LogP contribution in [0.4, 0.5) is 11.5 Å². The van der Waals surface area contributed by atoms with E-state index in [1.165, 1.54) is 12.1 Å². The van der Waals surface area contributed by atoms with Crippen LogP contribution in [-0.4, -0.2) is 30.3 Å². The van der Waals surface area contributed by atoms with Crippen molar-refractivity contribution in [2.75, 3.05) is 19.5 Å². The van der Waals surface area contributed by atoms with E-state index in [0.29, 0.717) is 23.0 Å². The molecule has 1 heterocycles. The first kappa shape index (κ1) is 14.9. The number of carboxylic acids is 1. The first-order chi connectivity index (χ1) is 10.0. The predicted molar refractivity (Wildman–Crippen MR) is 79.0 cm³/mol. The topological polar surface area (TPSA) is 80.7 Å². The molecule has 0 saturated carbocycles. The van der Waals surface area contributed by atoms with E-state index in [1.54, 1.807) is 32.4 Å². The Balaban J connectivity index is 2.35. The fourth-order valence-corrected chi connectivity index (χ4v) is 1.92. The summed E-state index contributed by atoms with van der Waals surface area (Å²) in [6.07, 6.45) is 0. The van der Waals surface area contributed by atoms with Crippen molar-refractivity contribution in [2.24, 2.45) is 0 Å². The third kappa shape index (κ3) is 3.76. The molecule has 0 radical (unpaired) electrons. The van der Waals surface area contributed by atoms with Crippen molar-refractivity contribution in [2.45, 2.75) is 0 Å². The first-order valence-corrected chi connectivity index (χ1v) is 6.30. The van der Waals surface area contributed by atoms with Gasteiger partial charge in [-0.25, -0.2) is 9.78 Å². The fraction of sp³-hybridized carbons (Fsp3) is 0.143. The Morgan fingerprint density at radius 3 is 2.29 bits per heavy atom. The van der Waals surface area contributed by atoms with Crippen LogP contribution in [0.3, 0.4) is 0 Å². The predicted octanol–water partition coefficient (Wildman–Crippen LogP) is 3.19. The molecule has 6 nitrogen and oxygen atoms in total. The summed E-state index contributed by atoms with van der Waals surface area (Å²) in [7, 11) is 3.08. The van der Waals surface area contributed by atoms with Crippen LogP contribution in [0.2, 0.25) is 5.15 Å². The van der Waals surface area contributed by atoms with Gasteiger partial charge in [-0.3, -0.25) is 0 Å². The van der Waals surface area contributed by atoms with Crippen LogP contribution < -0.4 is 14.8 Å². The number of aromatic carboxylic acids is 1. The smallest absolute Gasteiger partial charge is 0.335 e. The maximum Gasteiger partial charge on any atom is 0.335 e. The number of anilines is 2. The van der Waals surface area contributed by atoms with E-state index in [0.717, 1.165) is 0 Å². The number of aromatic nitrogens is 1. The van der Waals surface area contributed by atoms with Gasteiger partial charge >= 0.3 is 5.97 Å². The van der Waals surface area contributed by atoms with Gasteiger partial charge in [-0.1, -0.05) is 11.6 Å². The summed E-state index contributed by atoms with van der Waals surface area (Å²) in [5, 5.41) is 12.1. The summed E-state index contributed by atoms with van der Waals surface area (Å²) < 4.78 is 10.3. The lowest BCUT2D eigenvalue weighted by atomic mass is 10.2. The van der Waals surface area contributed by atoms with E-state index in [4.69, 9.17) is 26.2 Å². The number of hydrogen-bond donors (Lipinski definition) is 2. The zero-order chi connectivity index (χ0) is 15.4. The van der Waals surface area contributed by atoms with Crippen LogP contribution in [0, 0.1) is 0 Å². The Kier molecular flexibility index (Phi) is 4.49. The Morgan fingerprint density at radius 1 is 1.14 bits per heavy atom. The standard InChI is InChI=1S/C14H13ClN2O4/c1-20-10-5-9(6-11(7-10)21-2)16-13-4-8(14(18)19)3-12(15)17-13/h3-7H,1-2H3,(H,16,17)(H,18,19). The molecule has 2 aromatic rings. The molecule has 0 aliphatic rings. The molecule has 0 saturated heterocycles. The normalized spacial score (nSPS) is 10.0. The van der Waals surface area contributed by atoms with E-state index in [1.807, 2.05) is 0 Å². The Morgan fingerprint density at radius 2 is 1.76 bits per heavy atom. The molecule has 1 aromatic carbocycles. The second-order valence-electron chi connectivity index (χ2n) is 4.10. The van der Waals surface area contributed by atoms with Gasteiger partial charge in [-0.2, -0.15) is 0 Å². The van der Waals surface area contributed by atoms with Gasteiger partial charge < -0.3 is 19.9 Å². The molecule has 0 fully saturated rings. The van der Waals surface area contributed by atoms with E-state index >= 15 is 0 Å². The molecule has 0 aliphatic carbocycles. The van der Waals surface area contributed by atoms with Crippen molar-refractivity contribution < 1.29 is 19.4 Å². The first-order valence-electron chi connectivity index (χ1n) is 5.93. The van der Waals surface area contributed by atoms with Gasteiger partial charge in [-0.05, 0) is 12.1 Å². The van der Waals surface area contributed by atoms with Crippen molar-refractivity contribution in [1.82, 2.24) is 4.98 Å².